The minimum Gasteiger partial charge on any atom is -0.507 e. The molecule has 2 nitrogen and oxygen atoms in total. The van der Waals surface area contributed by atoms with Gasteiger partial charge in [-0.3, -0.25) is 0 Å². The molecule has 5 rings (SSSR count). The Kier molecular flexibility index (Phi) is 7.81. The molecule has 214 valence electrons. The summed E-state index contributed by atoms with van der Waals surface area (Å²) in [6, 6.07) is 23.1. The van der Waals surface area contributed by atoms with Crippen LogP contribution in [0.1, 0.15) is 123 Å². The van der Waals surface area contributed by atoms with Crippen molar-refractivity contribution in [2.75, 3.05) is 0 Å². The minimum atomic E-state index is -0.580. The summed E-state index contributed by atoms with van der Waals surface area (Å²) in [5.74, 6) is 1.21. The van der Waals surface area contributed by atoms with Gasteiger partial charge in [0.2, 0.25) is 0 Å². The molecule has 0 saturated carbocycles. The van der Waals surface area contributed by atoms with E-state index in [0.29, 0.717) is 11.5 Å². The smallest absolute Gasteiger partial charge is 0.122 e. The highest BCUT2D eigenvalue weighted by Crippen LogP contribution is 2.58. The van der Waals surface area contributed by atoms with Crippen LogP contribution < -0.4 is 0 Å². The molecule has 2 heteroatoms. The van der Waals surface area contributed by atoms with Gasteiger partial charge in [-0.15, -0.1) is 0 Å². The number of benzene rings is 4. The molecule has 1 aliphatic rings. The molecular formula is C39H46O2. The normalized spacial score (nSPS) is 13.6. The van der Waals surface area contributed by atoms with Crippen molar-refractivity contribution in [3.8, 4) is 22.6 Å². The number of phenolic OH excluding ortho intramolecular Hbond substituents is 2. The molecule has 41 heavy (non-hydrogen) atoms. The van der Waals surface area contributed by atoms with Crippen molar-refractivity contribution in [1.82, 2.24) is 0 Å². The fourth-order valence-corrected chi connectivity index (χ4v) is 6.94. The first-order valence-corrected chi connectivity index (χ1v) is 15.6. The minimum absolute atomic E-state index is 0.179. The first-order chi connectivity index (χ1) is 19.6. The van der Waals surface area contributed by atoms with Gasteiger partial charge in [-0.25, -0.2) is 0 Å². The van der Waals surface area contributed by atoms with Crippen molar-refractivity contribution < 1.29 is 10.2 Å². The summed E-state index contributed by atoms with van der Waals surface area (Å²) in [6.45, 7) is 17.4. The fraction of sp³-hybridized carbons (Fsp3) is 0.385. The van der Waals surface area contributed by atoms with Gasteiger partial charge in [0.1, 0.15) is 11.5 Å². The van der Waals surface area contributed by atoms with Gasteiger partial charge in [0.05, 0.1) is 5.41 Å². The summed E-state index contributed by atoms with van der Waals surface area (Å²) in [7, 11) is 0. The molecule has 0 bridgehead atoms. The molecule has 0 unspecified atom stereocenters. The zero-order valence-electron chi connectivity index (χ0n) is 26.2. The Hall–Kier alpha value is -3.52. The molecular weight excluding hydrogens is 500 g/mol. The zero-order valence-corrected chi connectivity index (χ0v) is 26.2. The highest BCUT2D eigenvalue weighted by molar-refractivity contribution is 5.87. The van der Waals surface area contributed by atoms with Crippen molar-refractivity contribution >= 4 is 0 Å². The molecule has 0 heterocycles. The van der Waals surface area contributed by atoms with Gasteiger partial charge < -0.3 is 10.2 Å². The Morgan fingerprint density at radius 2 is 0.927 bits per heavy atom. The number of phenols is 2. The van der Waals surface area contributed by atoms with Crippen LogP contribution >= 0.6 is 0 Å². The van der Waals surface area contributed by atoms with Gasteiger partial charge >= 0.3 is 0 Å². The summed E-state index contributed by atoms with van der Waals surface area (Å²) in [5, 5.41) is 22.7. The Bertz CT molecular complexity index is 1480. The average molecular weight is 547 g/mol. The lowest BCUT2D eigenvalue weighted by Crippen LogP contribution is -2.30. The van der Waals surface area contributed by atoms with Crippen LogP contribution in [-0.2, 0) is 31.1 Å². The number of aromatic hydroxyl groups is 2. The Morgan fingerprint density at radius 3 is 1.24 bits per heavy atom. The van der Waals surface area contributed by atoms with Crippen LogP contribution in [0.25, 0.3) is 11.1 Å². The molecule has 0 aromatic heterocycles. The highest BCUT2D eigenvalue weighted by atomic mass is 16.3. The molecule has 0 saturated heterocycles. The molecule has 0 atom stereocenters. The number of fused-ring (bicyclic) bond motifs is 3. The monoisotopic (exact) mass is 546 g/mol. The standard InChI is InChI=1S/C39H46O2/c1-9-25-13-15-31-32-16-14-26(10-2)18-36(32)39(35(31)17-25,29-19-27(11-3)37(40)33(21-29)23(5)6)30-20-28(12-4)38(41)34(22-30)24(7)8/h13-24,40-41H,9-12H2,1-8H3. The van der Waals surface area contributed by atoms with Crippen molar-refractivity contribution in [3.05, 3.63) is 116 Å². The summed E-state index contributed by atoms with van der Waals surface area (Å²) >= 11 is 0. The summed E-state index contributed by atoms with van der Waals surface area (Å²) in [6.07, 6.45) is 3.43. The SMILES string of the molecule is CCc1ccc2c(c1)C(c1cc(CC)c(O)c(C(C)C)c1)(c1cc(CC)c(O)c(C(C)C)c1)c1cc(CC)ccc1-2. The van der Waals surface area contributed by atoms with Crippen LogP contribution in [0.2, 0.25) is 0 Å². The van der Waals surface area contributed by atoms with E-state index in [1.54, 1.807) is 0 Å². The van der Waals surface area contributed by atoms with Gasteiger partial charge in [0.15, 0.2) is 0 Å². The highest BCUT2D eigenvalue weighted by Gasteiger charge is 2.47. The van der Waals surface area contributed by atoms with E-state index < -0.39 is 5.41 Å². The third kappa shape index (κ3) is 4.47. The van der Waals surface area contributed by atoms with Crippen molar-refractivity contribution in [3.63, 3.8) is 0 Å². The lowest BCUT2D eigenvalue weighted by molar-refractivity contribution is 0.457. The molecule has 0 amide bonds. The third-order valence-electron chi connectivity index (χ3n) is 9.39. The maximum atomic E-state index is 11.3. The van der Waals surface area contributed by atoms with Crippen LogP contribution in [0, 0.1) is 0 Å². The van der Waals surface area contributed by atoms with Crippen LogP contribution in [-0.4, -0.2) is 10.2 Å². The second-order valence-corrected chi connectivity index (χ2v) is 12.4. The van der Waals surface area contributed by atoms with Gasteiger partial charge in [-0.1, -0.05) is 116 Å². The molecule has 0 radical (unpaired) electrons. The van der Waals surface area contributed by atoms with Crippen LogP contribution in [0.5, 0.6) is 11.5 Å². The van der Waals surface area contributed by atoms with E-state index in [0.717, 1.165) is 47.9 Å². The average Bonchev–Trinajstić information content (AvgIpc) is 3.26. The quantitative estimate of drug-likeness (QED) is 0.203. The molecule has 4 aromatic rings. The van der Waals surface area contributed by atoms with E-state index in [1.165, 1.54) is 44.5 Å². The first-order valence-electron chi connectivity index (χ1n) is 15.6. The van der Waals surface area contributed by atoms with Crippen molar-refractivity contribution in [2.24, 2.45) is 0 Å². The maximum absolute atomic E-state index is 11.3. The predicted octanol–water partition coefficient (Wildman–Crippen LogP) is 9.96. The molecule has 4 aromatic carbocycles. The number of hydrogen-bond acceptors (Lipinski definition) is 2. The summed E-state index contributed by atoms with van der Waals surface area (Å²) in [5.41, 5.74) is 13.5. The molecule has 2 N–H and O–H groups in total. The van der Waals surface area contributed by atoms with Crippen LogP contribution in [0.3, 0.4) is 0 Å². The van der Waals surface area contributed by atoms with Crippen molar-refractivity contribution in [1.29, 1.82) is 0 Å². The molecule has 0 aliphatic heterocycles. The topological polar surface area (TPSA) is 40.5 Å². The van der Waals surface area contributed by atoms with E-state index in [2.05, 4.69) is 116 Å². The van der Waals surface area contributed by atoms with Gasteiger partial charge in [-0.05, 0) is 104 Å². The second kappa shape index (κ2) is 11.0. The zero-order chi connectivity index (χ0) is 29.6. The molecule has 0 fully saturated rings. The summed E-state index contributed by atoms with van der Waals surface area (Å²) in [4.78, 5) is 0. The second-order valence-electron chi connectivity index (χ2n) is 12.4. The largest absolute Gasteiger partial charge is 0.507 e. The Balaban J connectivity index is 2.05. The number of hydrogen-bond donors (Lipinski definition) is 2. The predicted molar refractivity (Wildman–Crippen MR) is 173 cm³/mol. The van der Waals surface area contributed by atoms with Crippen molar-refractivity contribution in [2.45, 2.75) is 98.3 Å². The van der Waals surface area contributed by atoms with Crippen LogP contribution in [0.15, 0.2) is 60.7 Å². The first kappa shape index (κ1) is 29.0. The van der Waals surface area contributed by atoms with E-state index in [1.807, 2.05) is 0 Å². The lowest BCUT2D eigenvalue weighted by Gasteiger charge is -2.36. The molecule has 1 aliphatic carbocycles. The maximum Gasteiger partial charge on any atom is 0.122 e. The van der Waals surface area contributed by atoms with Gasteiger partial charge in [0, 0.05) is 0 Å². The van der Waals surface area contributed by atoms with E-state index in [4.69, 9.17) is 0 Å². The summed E-state index contributed by atoms with van der Waals surface area (Å²) < 4.78 is 0. The molecule has 0 spiro atoms. The van der Waals surface area contributed by atoms with Gasteiger partial charge in [0.25, 0.3) is 0 Å². The number of aryl methyl sites for hydroxylation is 4. The lowest BCUT2D eigenvalue weighted by atomic mass is 9.65. The number of rotatable bonds is 8. The van der Waals surface area contributed by atoms with E-state index in [-0.39, 0.29) is 11.8 Å². The van der Waals surface area contributed by atoms with Crippen LogP contribution in [0.4, 0.5) is 0 Å². The Morgan fingerprint density at radius 1 is 0.537 bits per heavy atom. The van der Waals surface area contributed by atoms with Gasteiger partial charge in [-0.2, -0.15) is 0 Å². The van der Waals surface area contributed by atoms with E-state index in [9.17, 15) is 10.2 Å². The van der Waals surface area contributed by atoms with E-state index >= 15 is 0 Å². The Labute approximate surface area is 247 Å². The third-order valence-corrected chi connectivity index (χ3v) is 9.39. The fourth-order valence-electron chi connectivity index (χ4n) is 6.94.